The van der Waals surface area contributed by atoms with Crippen LogP contribution in [0, 0.1) is 0 Å². The van der Waals surface area contributed by atoms with Crippen molar-refractivity contribution in [2.45, 2.75) is 31.3 Å². The standard InChI is InChI=1S/C12H14ClNO/c13-11-9-14-7-4-10(11)8-12(15)5-2-1-3-6-12/h2,4-5,7,9,15H,1,3,6,8H2. The number of rotatable bonds is 2. The van der Waals surface area contributed by atoms with Crippen molar-refractivity contribution in [1.82, 2.24) is 4.98 Å². The lowest BCUT2D eigenvalue weighted by Crippen LogP contribution is -2.30. The van der Waals surface area contributed by atoms with E-state index >= 15 is 0 Å². The van der Waals surface area contributed by atoms with Crippen LogP contribution in [0.1, 0.15) is 24.8 Å². The predicted molar refractivity (Wildman–Crippen MR) is 60.9 cm³/mol. The topological polar surface area (TPSA) is 33.1 Å². The van der Waals surface area contributed by atoms with Gasteiger partial charge in [0.1, 0.15) is 0 Å². The lowest BCUT2D eigenvalue weighted by molar-refractivity contribution is 0.0751. The SMILES string of the molecule is OC1(Cc2ccncc2Cl)C=CCCC1. The van der Waals surface area contributed by atoms with E-state index < -0.39 is 5.60 Å². The van der Waals surface area contributed by atoms with Crippen LogP contribution in [0.25, 0.3) is 0 Å². The van der Waals surface area contributed by atoms with Gasteiger partial charge in [0.25, 0.3) is 0 Å². The molecule has 2 rings (SSSR count). The monoisotopic (exact) mass is 223 g/mol. The quantitative estimate of drug-likeness (QED) is 0.783. The van der Waals surface area contributed by atoms with Crippen LogP contribution in [0.15, 0.2) is 30.6 Å². The van der Waals surface area contributed by atoms with Gasteiger partial charge in [-0.1, -0.05) is 23.8 Å². The Morgan fingerprint density at radius 3 is 3.07 bits per heavy atom. The Labute approximate surface area is 94.6 Å². The van der Waals surface area contributed by atoms with E-state index in [-0.39, 0.29) is 0 Å². The summed E-state index contributed by atoms with van der Waals surface area (Å²) in [6, 6.07) is 1.86. The average molecular weight is 224 g/mol. The van der Waals surface area contributed by atoms with Crippen molar-refractivity contribution >= 4 is 11.6 Å². The molecular formula is C12H14ClNO. The molecule has 1 aliphatic rings. The fourth-order valence-corrected chi connectivity index (χ4v) is 2.12. The summed E-state index contributed by atoms with van der Waals surface area (Å²) in [5.41, 5.74) is 0.240. The largest absolute Gasteiger partial charge is 0.385 e. The zero-order chi connectivity index (χ0) is 10.7. The van der Waals surface area contributed by atoms with Crippen LogP contribution >= 0.6 is 11.6 Å². The van der Waals surface area contributed by atoms with E-state index in [1.165, 1.54) is 0 Å². The van der Waals surface area contributed by atoms with Gasteiger partial charge in [-0.15, -0.1) is 0 Å². The van der Waals surface area contributed by atoms with E-state index in [1.54, 1.807) is 12.4 Å². The van der Waals surface area contributed by atoms with Gasteiger partial charge in [0.2, 0.25) is 0 Å². The lowest BCUT2D eigenvalue weighted by Gasteiger charge is -2.27. The Balaban J connectivity index is 2.17. The maximum Gasteiger partial charge on any atom is 0.0868 e. The van der Waals surface area contributed by atoms with Crippen LogP contribution in [0.5, 0.6) is 0 Å². The normalized spacial score (nSPS) is 25.5. The first-order valence-corrected chi connectivity index (χ1v) is 5.56. The molecule has 0 saturated carbocycles. The molecule has 15 heavy (non-hydrogen) atoms. The Kier molecular flexibility index (Phi) is 3.08. The van der Waals surface area contributed by atoms with E-state index in [4.69, 9.17) is 11.6 Å². The number of hydrogen-bond donors (Lipinski definition) is 1. The average Bonchev–Trinajstić information content (AvgIpc) is 2.22. The van der Waals surface area contributed by atoms with E-state index in [1.807, 2.05) is 18.2 Å². The van der Waals surface area contributed by atoms with Gasteiger partial charge in [0, 0.05) is 18.8 Å². The molecule has 0 aromatic carbocycles. The molecule has 0 bridgehead atoms. The molecule has 1 atom stereocenters. The molecule has 1 heterocycles. The highest BCUT2D eigenvalue weighted by Crippen LogP contribution is 2.28. The van der Waals surface area contributed by atoms with E-state index in [0.29, 0.717) is 11.4 Å². The minimum atomic E-state index is -0.719. The molecule has 2 nitrogen and oxygen atoms in total. The highest BCUT2D eigenvalue weighted by molar-refractivity contribution is 6.31. The number of hydrogen-bond acceptors (Lipinski definition) is 2. The molecule has 0 spiro atoms. The third-order valence-corrected chi connectivity index (χ3v) is 3.10. The van der Waals surface area contributed by atoms with Gasteiger partial charge in [0.05, 0.1) is 10.6 Å². The molecule has 3 heteroatoms. The molecule has 1 N–H and O–H groups in total. The molecule has 1 aliphatic carbocycles. The number of nitrogens with zero attached hydrogens (tertiary/aromatic N) is 1. The highest BCUT2D eigenvalue weighted by Gasteiger charge is 2.26. The van der Waals surface area contributed by atoms with E-state index in [0.717, 1.165) is 24.8 Å². The first-order valence-electron chi connectivity index (χ1n) is 5.18. The summed E-state index contributed by atoms with van der Waals surface area (Å²) in [4.78, 5) is 3.93. The number of halogens is 1. The second-order valence-corrected chi connectivity index (χ2v) is 4.45. The van der Waals surface area contributed by atoms with Gasteiger partial charge >= 0.3 is 0 Å². The van der Waals surface area contributed by atoms with Crippen molar-refractivity contribution in [3.05, 3.63) is 41.2 Å². The number of aliphatic hydroxyl groups is 1. The van der Waals surface area contributed by atoms with Crippen molar-refractivity contribution < 1.29 is 5.11 Å². The van der Waals surface area contributed by atoms with Crippen LogP contribution in [0.2, 0.25) is 5.02 Å². The molecule has 0 fully saturated rings. The third-order valence-electron chi connectivity index (χ3n) is 2.76. The van der Waals surface area contributed by atoms with Crippen LogP contribution in [-0.2, 0) is 6.42 Å². The lowest BCUT2D eigenvalue weighted by atomic mass is 9.86. The minimum absolute atomic E-state index is 0.574. The summed E-state index contributed by atoms with van der Waals surface area (Å²) in [5.74, 6) is 0. The first-order chi connectivity index (χ1) is 7.20. The number of allylic oxidation sites excluding steroid dienone is 1. The van der Waals surface area contributed by atoms with Gasteiger partial charge in [-0.3, -0.25) is 4.98 Å². The summed E-state index contributed by atoms with van der Waals surface area (Å²) in [6.07, 6.45) is 10.7. The maximum absolute atomic E-state index is 10.3. The van der Waals surface area contributed by atoms with Crippen molar-refractivity contribution in [2.75, 3.05) is 0 Å². The van der Waals surface area contributed by atoms with Crippen LogP contribution < -0.4 is 0 Å². The second kappa shape index (κ2) is 4.33. The van der Waals surface area contributed by atoms with Gasteiger partial charge in [-0.2, -0.15) is 0 Å². The smallest absolute Gasteiger partial charge is 0.0868 e. The van der Waals surface area contributed by atoms with Crippen LogP contribution in [0.4, 0.5) is 0 Å². The van der Waals surface area contributed by atoms with Crippen molar-refractivity contribution in [3.8, 4) is 0 Å². The molecule has 0 aliphatic heterocycles. The summed E-state index contributed by atoms with van der Waals surface area (Å²) in [7, 11) is 0. The summed E-state index contributed by atoms with van der Waals surface area (Å²) < 4.78 is 0. The molecule has 0 radical (unpaired) electrons. The zero-order valence-corrected chi connectivity index (χ0v) is 9.24. The Bertz CT molecular complexity index is 378. The van der Waals surface area contributed by atoms with Gasteiger partial charge < -0.3 is 5.11 Å². The summed E-state index contributed by atoms with van der Waals surface area (Å²) in [6.45, 7) is 0. The van der Waals surface area contributed by atoms with Gasteiger partial charge in [0.15, 0.2) is 0 Å². The van der Waals surface area contributed by atoms with E-state index in [2.05, 4.69) is 4.98 Å². The first kappa shape index (κ1) is 10.7. The van der Waals surface area contributed by atoms with Gasteiger partial charge in [-0.25, -0.2) is 0 Å². The third kappa shape index (κ3) is 2.58. The fraction of sp³-hybridized carbons (Fsp3) is 0.417. The highest BCUT2D eigenvalue weighted by atomic mass is 35.5. The molecule has 1 aromatic heterocycles. The maximum atomic E-state index is 10.3. The van der Waals surface area contributed by atoms with Gasteiger partial charge in [-0.05, 0) is 30.9 Å². The summed E-state index contributed by atoms with van der Waals surface area (Å²) in [5, 5.41) is 10.9. The van der Waals surface area contributed by atoms with Crippen LogP contribution in [-0.4, -0.2) is 15.7 Å². The fourth-order valence-electron chi connectivity index (χ4n) is 1.94. The number of pyridine rings is 1. The van der Waals surface area contributed by atoms with Crippen LogP contribution in [0.3, 0.4) is 0 Å². The Morgan fingerprint density at radius 2 is 2.40 bits per heavy atom. The van der Waals surface area contributed by atoms with E-state index in [9.17, 15) is 5.11 Å². The van der Waals surface area contributed by atoms with Crippen molar-refractivity contribution in [3.63, 3.8) is 0 Å². The minimum Gasteiger partial charge on any atom is -0.385 e. The zero-order valence-electron chi connectivity index (χ0n) is 8.49. The number of aromatic nitrogens is 1. The second-order valence-electron chi connectivity index (χ2n) is 4.04. The van der Waals surface area contributed by atoms with Crippen molar-refractivity contribution in [2.24, 2.45) is 0 Å². The molecule has 0 amide bonds. The molecule has 80 valence electrons. The summed E-state index contributed by atoms with van der Waals surface area (Å²) >= 11 is 6.01. The molecule has 1 aromatic rings. The van der Waals surface area contributed by atoms with Crippen molar-refractivity contribution in [1.29, 1.82) is 0 Å². The molecule has 0 saturated heterocycles. The molecule has 1 unspecified atom stereocenters. The predicted octanol–water partition coefficient (Wildman–Crippen LogP) is 2.75. The molecular weight excluding hydrogens is 210 g/mol. The Hall–Kier alpha value is -0.860. The Morgan fingerprint density at radius 1 is 1.53 bits per heavy atom.